The molecule has 0 bridgehead atoms. The smallest absolute Gasteiger partial charge is 0.220 e. The van der Waals surface area contributed by atoms with Gasteiger partial charge < -0.3 is 25.4 Å². The predicted molar refractivity (Wildman–Crippen MR) is 48.9 cm³/mol. The van der Waals surface area contributed by atoms with Gasteiger partial charge >= 0.3 is 0 Å². The van der Waals surface area contributed by atoms with E-state index in [1.54, 1.807) is 0 Å². The Kier molecular flexibility index (Phi) is 2.92. The monoisotopic (exact) mass is 217 g/mol. The lowest BCUT2D eigenvalue weighted by molar-refractivity contribution is -0.202. The minimum atomic E-state index is -1.16. The zero-order valence-electron chi connectivity index (χ0n) is 8.17. The number of piperidine rings is 1. The van der Waals surface area contributed by atoms with E-state index in [4.69, 9.17) is 9.84 Å². The second-order valence-corrected chi connectivity index (χ2v) is 4.01. The number of ether oxygens (including phenoxy) is 1. The van der Waals surface area contributed by atoms with Crippen molar-refractivity contribution in [2.75, 3.05) is 6.61 Å². The van der Waals surface area contributed by atoms with E-state index >= 15 is 0 Å². The third kappa shape index (κ3) is 1.85. The third-order valence-corrected chi connectivity index (χ3v) is 3.01. The molecule has 2 fully saturated rings. The number of aliphatic hydroxyl groups is 3. The molecular formula is C9H15NO5. The summed E-state index contributed by atoms with van der Waals surface area (Å²) >= 11 is 0. The predicted octanol–water partition coefficient (Wildman–Crippen LogP) is -2.25. The van der Waals surface area contributed by atoms with E-state index in [0.717, 1.165) is 0 Å². The molecule has 6 nitrogen and oxygen atoms in total. The van der Waals surface area contributed by atoms with Crippen molar-refractivity contribution in [2.45, 2.75) is 43.3 Å². The van der Waals surface area contributed by atoms with Gasteiger partial charge in [-0.05, 0) is 6.42 Å². The standard InChI is InChI=1S/C9H15NO5/c11-3-5-8(13)9(14)7-4(15-5)1-2-6(12)10-7/h4-5,7-9,11,13-14H,1-3H2,(H,10,12)/t4?,5-,7?,8+,9-/m1/s1. The third-order valence-electron chi connectivity index (χ3n) is 3.01. The Balaban J connectivity index is 2.11. The van der Waals surface area contributed by atoms with Crippen LogP contribution in [0, 0.1) is 0 Å². The number of hydrogen-bond acceptors (Lipinski definition) is 5. The average molecular weight is 217 g/mol. The summed E-state index contributed by atoms with van der Waals surface area (Å²) in [6.45, 7) is -0.338. The fourth-order valence-corrected chi connectivity index (χ4v) is 2.15. The number of rotatable bonds is 1. The van der Waals surface area contributed by atoms with E-state index in [2.05, 4.69) is 5.32 Å². The molecule has 0 aliphatic carbocycles. The van der Waals surface area contributed by atoms with E-state index in [0.29, 0.717) is 12.8 Å². The van der Waals surface area contributed by atoms with Crippen LogP contribution in [0.15, 0.2) is 0 Å². The fraction of sp³-hybridized carbons (Fsp3) is 0.889. The topological polar surface area (TPSA) is 99.0 Å². The molecule has 1 amide bonds. The van der Waals surface area contributed by atoms with Gasteiger partial charge in [-0.15, -0.1) is 0 Å². The number of carbonyl (C=O) groups is 1. The van der Waals surface area contributed by atoms with Gasteiger partial charge in [0.25, 0.3) is 0 Å². The summed E-state index contributed by atoms with van der Waals surface area (Å²) in [5.41, 5.74) is 0. The van der Waals surface area contributed by atoms with Gasteiger partial charge in [-0.2, -0.15) is 0 Å². The molecule has 0 radical (unpaired) electrons. The highest BCUT2D eigenvalue weighted by Gasteiger charge is 2.46. The van der Waals surface area contributed by atoms with Crippen LogP contribution in [0.4, 0.5) is 0 Å². The van der Waals surface area contributed by atoms with E-state index in [9.17, 15) is 15.0 Å². The Bertz CT molecular complexity index is 257. The Hall–Kier alpha value is -0.690. The van der Waals surface area contributed by atoms with E-state index in [1.165, 1.54) is 0 Å². The van der Waals surface area contributed by atoms with E-state index < -0.39 is 24.4 Å². The van der Waals surface area contributed by atoms with Crippen LogP contribution in [0.3, 0.4) is 0 Å². The van der Waals surface area contributed by atoms with Crippen LogP contribution < -0.4 is 5.32 Å². The van der Waals surface area contributed by atoms with E-state index in [-0.39, 0.29) is 18.6 Å². The first-order chi connectivity index (χ1) is 7.13. The zero-order chi connectivity index (χ0) is 11.0. The summed E-state index contributed by atoms with van der Waals surface area (Å²) in [6, 6.07) is -0.566. The maximum Gasteiger partial charge on any atom is 0.220 e. The van der Waals surface area contributed by atoms with Gasteiger partial charge in [0, 0.05) is 6.42 Å². The summed E-state index contributed by atoms with van der Waals surface area (Å²) in [5.74, 6) is -0.145. The Morgan fingerprint density at radius 1 is 1.40 bits per heavy atom. The number of nitrogens with one attached hydrogen (secondary N) is 1. The summed E-state index contributed by atoms with van der Waals surface area (Å²) in [5, 5.41) is 30.8. The van der Waals surface area contributed by atoms with Gasteiger partial charge in [0.15, 0.2) is 0 Å². The van der Waals surface area contributed by atoms with Crippen LogP contribution in [-0.4, -0.2) is 58.3 Å². The first kappa shape index (κ1) is 10.8. The van der Waals surface area contributed by atoms with Crippen LogP contribution in [-0.2, 0) is 9.53 Å². The highest BCUT2D eigenvalue weighted by Crippen LogP contribution is 2.26. The molecule has 2 aliphatic rings. The second-order valence-electron chi connectivity index (χ2n) is 4.01. The molecule has 0 aromatic carbocycles. The number of amides is 1. The zero-order valence-corrected chi connectivity index (χ0v) is 8.17. The van der Waals surface area contributed by atoms with Crippen molar-refractivity contribution in [2.24, 2.45) is 0 Å². The largest absolute Gasteiger partial charge is 0.394 e. The van der Waals surface area contributed by atoms with Crippen LogP contribution in [0.5, 0.6) is 0 Å². The lowest BCUT2D eigenvalue weighted by Gasteiger charge is -2.44. The van der Waals surface area contributed by atoms with Gasteiger partial charge in [-0.1, -0.05) is 0 Å². The molecule has 2 heterocycles. The van der Waals surface area contributed by atoms with Crippen molar-refractivity contribution in [3.8, 4) is 0 Å². The second kappa shape index (κ2) is 4.05. The quantitative estimate of drug-likeness (QED) is 0.397. The van der Waals surface area contributed by atoms with Crippen LogP contribution in [0.25, 0.3) is 0 Å². The number of fused-ring (bicyclic) bond motifs is 1. The van der Waals surface area contributed by atoms with Crippen molar-refractivity contribution in [3.63, 3.8) is 0 Å². The minimum Gasteiger partial charge on any atom is -0.394 e. The lowest BCUT2D eigenvalue weighted by Crippen LogP contribution is -2.66. The highest BCUT2D eigenvalue weighted by molar-refractivity contribution is 5.77. The maximum absolute atomic E-state index is 11.1. The normalized spacial score (nSPS) is 45.8. The molecule has 4 N–H and O–H groups in total. The number of hydrogen-bond donors (Lipinski definition) is 4. The van der Waals surface area contributed by atoms with Crippen LogP contribution in [0.2, 0.25) is 0 Å². The lowest BCUT2D eigenvalue weighted by atomic mass is 9.88. The minimum absolute atomic E-state index is 0.145. The SMILES string of the molecule is O=C1CCC2O[C@H](CO)[C@H](O)[C@H](O)C2N1. The molecule has 5 atom stereocenters. The van der Waals surface area contributed by atoms with Crippen LogP contribution >= 0.6 is 0 Å². The first-order valence-corrected chi connectivity index (χ1v) is 5.05. The molecular weight excluding hydrogens is 202 g/mol. The van der Waals surface area contributed by atoms with Gasteiger partial charge in [0.1, 0.15) is 18.3 Å². The number of aliphatic hydroxyl groups excluding tert-OH is 3. The molecule has 0 aromatic heterocycles. The molecule has 15 heavy (non-hydrogen) atoms. The molecule has 0 saturated carbocycles. The van der Waals surface area contributed by atoms with Gasteiger partial charge in [0.05, 0.1) is 18.8 Å². The van der Waals surface area contributed by atoms with Crippen molar-refractivity contribution < 1.29 is 24.9 Å². The average Bonchev–Trinajstić information content (AvgIpc) is 2.24. The Labute approximate surface area is 86.9 Å². The Morgan fingerprint density at radius 3 is 2.80 bits per heavy atom. The van der Waals surface area contributed by atoms with Gasteiger partial charge in [-0.25, -0.2) is 0 Å². The molecule has 2 rings (SSSR count). The molecule has 0 spiro atoms. The van der Waals surface area contributed by atoms with Crippen molar-refractivity contribution >= 4 is 5.91 Å². The van der Waals surface area contributed by atoms with Gasteiger partial charge in [0.2, 0.25) is 5.91 Å². The summed E-state index contributed by atoms with van der Waals surface area (Å²) in [4.78, 5) is 11.1. The van der Waals surface area contributed by atoms with Crippen molar-refractivity contribution in [1.82, 2.24) is 5.32 Å². The first-order valence-electron chi connectivity index (χ1n) is 5.05. The molecule has 6 heteroatoms. The molecule has 0 aromatic rings. The fourth-order valence-electron chi connectivity index (χ4n) is 2.15. The van der Waals surface area contributed by atoms with Crippen LogP contribution in [0.1, 0.15) is 12.8 Å². The summed E-state index contributed by atoms with van der Waals surface area (Å²) in [6.07, 6.45) is -2.46. The van der Waals surface area contributed by atoms with E-state index in [1.807, 2.05) is 0 Å². The van der Waals surface area contributed by atoms with Crippen molar-refractivity contribution in [1.29, 1.82) is 0 Å². The molecule has 86 valence electrons. The Morgan fingerprint density at radius 2 is 2.13 bits per heavy atom. The van der Waals surface area contributed by atoms with Gasteiger partial charge in [-0.3, -0.25) is 4.79 Å². The highest BCUT2D eigenvalue weighted by atomic mass is 16.5. The number of carbonyl (C=O) groups excluding carboxylic acids is 1. The molecule has 2 aliphatic heterocycles. The summed E-state index contributed by atoms with van der Waals surface area (Å²) < 4.78 is 5.40. The maximum atomic E-state index is 11.1. The summed E-state index contributed by atoms with van der Waals surface area (Å²) in [7, 11) is 0. The molecule has 2 unspecified atom stereocenters. The molecule has 2 saturated heterocycles. The van der Waals surface area contributed by atoms with Crippen molar-refractivity contribution in [3.05, 3.63) is 0 Å².